The largest absolute Gasteiger partial charge is 0.478 e. The van der Waals surface area contributed by atoms with Crippen LogP contribution in [0.15, 0.2) is 59.6 Å². The van der Waals surface area contributed by atoms with E-state index in [1.54, 1.807) is 6.20 Å². The number of carbonyl (C=O) groups is 1. The van der Waals surface area contributed by atoms with E-state index in [0.29, 0.717) is 0 Å². The summed E-state index contributed by atoms with van der Waals surface area (Å²) in [6.07, 6.45) is 1.79. The molecule has 0 aliphatic carbocycles. The molecule has 23 heavy (non-hydrogen) atoms. The van der Waals surface area contributed by atoms with Gasteiger partial charge in [-0.1, -0.05) is 24.3 Å². The van der Waals surface area contributed by atoms with Gasteiger partial charge in [0.25, 0.3) is 0 Å². The highest BCUT2D eigenvalue weighted by Crippen LogP contribution is 2.18. The fourth-order valence-corrected chi connectivity index (χ4v) is 3.40. The highest BCUT2D eigenvalue weighted by Gasteiger charge is 2.16. The van der Waals surface area contributed by atoms with Gasteiger partial charge in [0.05, 0.1) is 10.5 Å². The molecule has 3 aromatic rings. The first-order valence-electron chi connectivity index (χ1n) is 6.85. The Morgan fingerprint density at radius 3 is 2.70 bits per heavy atom. The number of benzene rings is 2. The predicted molar refractivity (Wildman–Crippen MR) is 85.7 cm³/mol. The van der Waals surface area contributed by atoms with E-state index in [9.17, 15) is 13.2 Å². The molecule has 3 rings (SSSR count). The van der Waals surface area contributed by atoms with Crippen LogP contribution >= 0.6 is 0 Å². The normalized spacial score (nSPS) is 11.7. The lowest BCUT2D eigenvalue weighted by molar-refractivity contribution is 0.0696. The third-order valence-electron chi connectivity index (χ3n) is 3.52. The summed E-state index contributed by atoms with van der Waals surface area (Å²) in [7, 11) is -3.79. The summed E-state index contributed by atoms with van der Waals surface area (Å²) >= 11 is 0. The second kappa shape index (κ2) is 5.86. The Morgan fingerprint density at radius 2 is 1.91 bits per heavy atom. The number of H-pyrrole nitrogens is 1. The van der Waals surface area contributed by atoms with Gasteiger partial charge in [-0.3, -0.25) is 0 Å². The number of aromatic carboxylic acids is 1. The number of aromatic amines is 1. The van der Waals surface area contributed by atoms with E-state index < -0.39 is 16.0 Å². The van der Waals surface area contributed by atoms with Gasteiger partial charge >= 0.3 is 5.97 Å². The zero-order valence-electron chi connectivity index (χ0n) is 12.0. The van der Waals surface area contributed by atoms with Crippen LogP contribution in [0, 0.1) is 0 Å². The summed E-state index contributed by atoms with van der Waals surface area (Å²) in [6, 6.07) is 12.8. The number of rotatable bonds is 5. The van der Waals surface area contributed by atoms with Crippen LogP contribution in [0.4, 0.5) is 0 Å². The molecule has 0 saturated carbocycles. The molecule has 7 heteroatoms. The zero-order valence-corrected chi connectivity index (χ0v) is 12.8. The van der Waals surface area contributed by atoms with Crippen LogP contribution in [0.5, 0.6) is 0 Å². The number of carboxylic acid groups (broad SMARTS) is 1. The molecular formula is C16H14N2O4S. The van der Waals surface area contributed by atoms with Gasteiger partial charge in [-0.25, -0.2) is 17.9 Å². The molecule has 1 aromatic heterocycles. The Balaban J connectivity index is 1.86. The zero-order chi connectivity index (χ0) is 16.4. The van der Waals surface area contributed by atoms with Crippen LogP contribution in [0.3, 0.4) is 0 Å². The van der Waals surface area contributed by atoms with Crippen LogP contribution in [0.2, 0.25) is 0 Å². The van der Waals surface area contributed by atoms with E-state index in [0.717, 1.165) is 22.5 Å². The van der Waals surface area contributed by atoms with Gasteiger partial charge in [0.1, 0.15) is 0 Å². The summed E-state index contributed by atoms with van der Waals surface area (Å²) in [6.45, 7) is 0.109. The Labute approximate surface area is 132 Å². The standard InChI is InChI=1S/C16H14N2O4S/c19-16(20)12-4-2-6-14(9-12)23(21,22)18-10-13-5-1-3-11-7-8-17-15(11)13/h1-9,17-18H,10H2,(H,19,20). The maximum atomic E-state index is 12.3. The van der Waals surface area contributed by atoms with Crippen LogP contribution in [-0.2, 0) is 16.6 Å². The maximum absolute atomic E-state index is 12.3. The molecule has 0 bridgehead atoms. The molecule has 2 aromatic carbocycles. The fourth-order valence-electron chi connectivity index (χ4n) is 2.35. The molecule has 0 fully saturated rings. The number of nitrogens with one attached hydrogen (secondary N) is 2. The summed E-state index contributed by atoms with van der Waals surface area (Å²) in [5.41, 5.74) is 1.61. The first-order valence-corrected chi connectivity index (χ1v) is 8.34. The average molecular weight is 330 g/mol. The molecule has 0 unspecified atom stereocenters. The molecule has 0 amide bonds. The quantitative estimate of drug-likeness (QED) is 0.668. The van der Waals surface area contributed by atoms with Crippen molar-refractivity contribution < 1.29 is 18.3 Å². The van der Waals surface area contributed by atoms with Crippen molar-refractivity contribution in [2.24, 2.45) is 0 Å². The first-order chi connectivity index (χ1) is 11.0. The SMILES string of the molecule is O=C(O)c1cccc(S(=O)(=O)NCc2cccc3cc[nH]c23)c1. The third-order valence-corrected chi connectivity index (χ3v) is 4.92. The number of carboxylic acids is 1. The average Bonchev–Trinajstić information content (AvgIpc) is 3.02. The summed E-state index contributed by atoms with van der Waals surface area (Å²) in [4.78, 5) is 14.0. The van der Waals surface area contributed by atoms with Crippen molar-refractivity contribution in [3.63, 3.8) is 0 Å². The molecule has 0 spiro atoms. The first kappa shape index (κ1) is 15.3. The van der Waals surface area contributed by atoms with Crippen molar-refractivity contribution >= 4 is 26.9 Å². The minimum Gasteiger partial charge on any atom is -0.478 e. The Bertz CT molecular complexity index is 976. The molecule has 118 valence electrons. The van der Waals surface area contributed by atoms with Crippen LogP contribution < -0.4 is 4.72 Å². The summed E-state index contributed by atoms with van der Waals surface area (Å²) in [5.74, 6) is -1.17. The van der Waals surface area contributed by atoms with Gasteiger partial charge in [-0.15, -0.1) is 0 Å². The fraction of sp³-hybridized carbons (Fsp3) is 0.0625. The number of hydrogen-bond donors (Lipinski definition) is 3. The molecule has 3 N–H and O–H groups in total. The molecule has 0 saturated heterocycles. The molecule has 1 heterocycles. The smallest absolute Gasteiger partial charge is 0.335 e. The van der Waals surface area contributed by atoms with E-state index in [1.807, 2.05) is 24.3 Å². The van der Waals surface area contributed by atoms with Crippen molar-refractivity contribution in [1.29, 1.82) is 0 Å². The van der Waals surface area contributed by atoms with Crippen molar-refractivity contribution in [2.75, 3.05) is 0 Å². The van der Waals surface area contributed by atoms with E-state index in [4.69, 9.17) is 5.11 Å². The Hall–Kier alpha value is -2.64. The number of sulfonamides is 1. The Kier molecular flexibility index (Phi) is 3.89. The highest BCUT2D eigenvalue weighted by molar-refractivity contribution is 7.89. The lowest BCUT2D eigenvalue weighted by Gasteiger charge is -2.08. The van der Waals surface area contributed by atoms with Gasteiger partial charge in [0.15, 0.2) is 0 Å². The van der Waals surface area contributed by atoms with Gasteiger partial charge in [0, 0.05) is 18.3 Å². The minimum absolute atomic E-state index is 0.0701. The lowest BCUT2D eigenvalue weighted by atomic mass is 10.1. The minimum atomic E-state index is -3.79. The molecule has 0 atom stereocenters. The van der Waals surface area contributed by atoms with E-state index in [1.165, 1.54) is 18.2 Å². The Morgan fingerprint density at radius 1 is 1.13 bits per heavy atom. The third kappa shape index (κ3) is 3.10. The number of aromatic nitrogens is 1. The summed E-state index contributed by atoms with van der Waals surface area (Å²) in [5, 5.41) is 9.95. The highest BCUT2D eigenvalue weighted by atomic mass is 32.2. The van der Waals surface area contributed by atoms with E-state index in [-0.39, 0.29) is 17.0 Å². The molecular weight excluding hydrogens is 316 g/mol. The number of hydrogen-bond acceptors (Lipinski definition) is 3. The van der Waals surface area contributed by atoms with Crippen molar-refractivity contribution in [1.82, 2.24) is 9.71 Å². The van der Waals surface area contributed by atoms with Gasteiger partial charge in [-0.05, 0) is 35.2 Å². The maximum Gasteiger partial charge on any atom is 0.335 e. The van der Waals surface area contributed by atoms with Crippen molar-refractivity contribution in [3.05, 3.63) is 65.9 Å². The van der Waals surface area contributed by atoms with Crippen LogP contribution in [-0.4, -0.2) is 24.5 Å². The topological polar surface area (TPSA) is 99.3 Å². The number of fused-ring (bicyclic) bond motifs is 1. The molecule has 0 aliphatic rings. The number of para-hydroxylation sites is 1. The van der Waals surface area contributed by atoms with Gasteiger partial charge < -0.3 is 10.1 Å². The monoisotopic (exact) mass is 330 g/mol. The van der Waals surface area contributed by atoms with Gasteiger partial charge in [0.2, 0.25) is 10.0 Å². The van der Waals surface area contributed by atoms with E-state index >= 15 is 0 Å². The predicted octanol–water partition coefficient (Wildman–Crippen LogP) is 2.34. The second-order valence-corrected chi connectivity index (χ2v) is 6.78. The van der Waals surface area contributed by atoms with Crippen molar-refractivity contribution in [2.45, 2.75) is 11.4 Å². The van der Waals surface area contributed by atoms with Gasteiger partial charge in [-0.2, -0.15) is 0 Å². The molecule has 0 aliphatic heterocycles. The van der Waals surface area contributed by atoms with Crippen molar-refractivity contribution in [3.8, 4) is 0 Å². The molecule has 0 radical (unpaired) electrons. The second-order valence-electron chi connectivity index (χ2n) is 5.02. The van der Waals surface area contributed by atoms with Crippen LogP contribution in [0.25, 0.3) is 10.9 Å². The summed E-state index contributed by atoms with van der Waals surface area (Å²) < 4.78 is 27.2. The molecule has 6 nitrogen and oxygen atoms in total. The van der Waals surface area contributed by atoms with Crippen LogP contribution in [0.1, 0.15) is 15.9 Å². The lowest BCUT2D eigenvalue weighted by Crippen LogP contribution is -2.23. The van der Waals surface area contributed by atoms with E-state index in [2.05, 4.69) is 9.71 Å².